The monoisotopic (exact) mass is 465 g/mol. The molecule has 7 heteroatoms. The molecular weight excluding hydrogens is 433 g/mol. The third-order valence-corrected chi connectivity index (χ3v) is 5.53. The van der Waals surface area contributed by atoms with E-state index in [0.29, 0.717) is 18.7 Å². The predicted octanol–water partition coefficient (Wildman–Crippen LogP) is 5.76. The Bertz CT molecular complexity index is 1090. The van der Waals surface area contributed by atoms with E-state index < -0.39 is 0 Å². The molecule has 1 heterocycles. The Morgan fingerprint density at radius 3 is 2.32 bits per heavy atom. The molecule has 0 saturated carbocycles. The number of amides is 3. The van der Waals surface area contributed by atoms with Crippen molar-refractivity contribution < 1.29 is 18.4 Å². The van der Waals surface area contributed by atoms with Crippen LogP contribution in [0.15, 0.2) is 65.1 Å². The number of aryl methyl sites for hydroxylation is 2. The van der Waals surface area contributed by atoms with Crippen molar-refractivity contribution in [2.24, 2.45) is 0 Å². The van der Waals surface area contributed by atoms with Crippen molar-refractivity contribution in [1.29, 1.82) is 0 Å². The number of carbonyl (C=O) groups is 2. The normalized spacial score (nSPS) is 10.7. The molecule has 3 amide bonds. The minimum Gasteiger partial charge on any atom is -0.464 e. The molecule has 0 spiro atoms. The zero-order chi connectivity index (χ0) is 24.5. The lowest BCUT2D eigenvalue weighted by Gasteiger charge is -2.27. The third-order valence-electron chi connectivity index (χ3n) is 5.53. The molecule has 34 heavy (non-hydrogen) atoms. The van der Waals surface area contributed by atoms with Gasteiger partial charge in [0, 0.05) is 18.8 Å². The van der Waals surface area contributed by atoms with Gasteiger partial charge < -0.3 is 19.5 Å². The zero-order valence-corrected chi connectivity index (χ0v) is 20.0. The molecule has 1 N–H and O–H groups in total. The van der Waals surface area contributed by atoms with Crippen molar-refractivity contribution in [3.05, 3.63) is 89.1 Å². The molecule has 3 aromatic rings. The molecule has 0 aliphatic heterocycles. The second-order valence-electron chi connectivity index (χ2n) is 8.25. The summed E-state index contributed by atoms with van der Waals surface area (Å²) in [5.41, 5.74) is 2.57. The van der Waals surface area contributed by atoms with Gasteiger partial charge in [0.2, 0.25) is 5.91 Å². The summed E-state index contributed by atoms with van der Waals surface area (Å²) in [5, 5.41) is 2.96. The first-order chi connectivity index (χ1) is 16.4. The van der Waals surface area contributed by atoms with Crippen molar-refractivity contribution in [2.45, 2.75) is 46.7 Å². The summed E-state index contributed by atoms with van der Waals surface area (Å²) in [5.74, 6) is 0.856. The van der Waals surface area contributed by atoms with E-state index in [4.69, 9.17) is 4.42 Å². The molecule has 6 nitrogen and oxygen atoms in total. The summed E-state index contributed by atoms with van der Waals surface area (Å²) in [6, 6.07) is 17.1. The molecule has 0 unspecified atom stereocenters. The highest BCUT2D eigenvalue weighted by Crippen LogP contribution is 2.17. The Hall–Kier alpha value is -3.61. The largest absolute Gasteiger partial charge is 0.464 e. The second kappa shape index (κ2) is 12.0. The maximum absolute atomic E-state index is 13.4. The lowest BCUT2D eigenvalue weighted by atomic mass is 10.1. The minimum absolute atomic E-state index is 0.0746. The number of furan rings is 1. The predicted molar refractivity (Wildman–Crippen MR) is 131 cm³/mol. The minimum atomic E-state index is -0.332. The van der Waals surface area contributed by atoms with E-state index in [1.165, 1.54) is 17.0 Å². The van der Waals surface area contributed by atoms with Crippen LogP contribution in [0.5, 0.6) is 0 Å². The van der Waals surface area contributed by atoms with Crippen LogP contribution in [0.2, 0.25) is 0 Å². The number of nitrogens with one attached hydrogen (secondary N) is 1. The molecule has 3 rings (SSSR count). The lowest BCUT2D eigenvalue weighted by Crippen LogP contribution is -2.44. The molecule has 0 saturated heterocycles. The van der Waals surface area contributed by atoms with Crippen LogP contribution in [0.4, 0.5) is 14.9 Å². The highest BCUT2D eigenvalue weighted by molar-refractivity contribution is 5.93. The van der Waals surface area contributed by atoms with E-state index in [1.807, 2.05) is 57.2 Å². The number of halogens is 1. The smallest absolute Gasteiger partial charge is 0.322 e. The number of urea groups is 1. The molecule has 2 aromatic carbocycles. The van der Waals surface area contributed by atoms with Crippen molar-refractivity contribution in [3.8, 4) is 0 Å². The van der Waals surface area contributed by atoms with Crippen LogP contribution < -0.4 is 5.32 Å². The van der Waals surface area contributed by atoms with E-state index in [9.17, 15) is 14.0 Å². The SMILES string of the molecule is CCCN(CC(=O)N(Cc1ccc(F)cc1)Cc1ccc(C)o1)C(=O)Nc1ccccc1CC. The van der Waals surface area contributed by atoms with Crippen LogP contribution in [0.1, 0.15) is 42.9 Å². The van der Waals surface area contributed by atoms with Crippen molar-refractivity contribution >= 4 is 17.6 Å². The molecular formula is C27H32FN3O3. The summed E-state index contributed by atoms with van der Waals surface area (Å²) in [7, 11) is 0. The van der Waals surface area contributed by atoms with Gasteiger partial charge in [-0.25, -0.2) is 9.18 Å². The molecule has 0 aliphatic carbocycles. The summed E-state index contributed by atoms with van der Waals surface area (Å²) in [4.78, 5) is 29.6. The van der Waals surface area contributed by atoms with Gasteiger partial charge in [-0.05, 0) is 61.2 Å². The number of carbonyl (C=O) groups excluding carboxylic acids is 2. The van der Waals surface area contributed by atoms with Crippen molar-refractivity contribution in [3.63, 3.8) is 0 Å². The maximum atomic E-state index is 13.4. The first kappa shape index (κ1) is 25.0. The number of anilines is 1. The van der Waals surface area contributed by atoms with Gasteiger partial charge in [0.05, 0.1) is 6.54 Å². The van der Waals surface area contributed by atoms with Crippen molar-refractivity contribution in [2.75, 3.05) is 18.4 Å². The van der Waals surface area contributed by atoms with Gasteiger partial charge in [0.15, 0.2) is 0 Å². The standard InChI is InChI=1S/C27H32FN3O3/c1-4-16-30(27(33)29-25-9-7-6-8-22(25)5-2)19-26(32)31(18-24-15-10-20(3)34-24)17-21-11-13-23(28)14-12-21/h6-15H,4-5,16-19H2,1-3H3,(H,29,33). The Kier molecular flexibility index (Phi) is 8.85. The molecule has 0 bridgehead atoms. The van der Waals surface area contributed by atoms with Gasteiger partial charge in [0.1, 0.15) is 23.9 Å². The summed E-state index contributed by atoms with van der Waals surface area (Å²) < 4.78 is 19.0. The Labute approximate surface area is 200 Å². The first-order valence-corrected chi connectivity index (χ1v) is 11.6. The fourth-order valence-electron chi connectivity index (χ4n) is 3.73. The second-order valence-corrected chi connectivity index (χ2v) is 8.25. The number of benzene rings is 2. The topological polar surface area (TPSA) is 65.8 Å². The first-order valence-electron chi connectivity index (χ1n) is 11.6. The maximum Gasteiger partial charge on any atom is 0.322 e. The average Bonchev–Trinajstić information content (AvgIpc) is 3.24. The van der Waals surface area contributed by atoms with E-state index in [2.05, 4.69) is 5.32 Å². The van der Waals surface area contributed by atoms with Gasteiger partial charge in [-0.2, -0.15) is 0 Å². The summed E-state index contributed by atoms with van der Waals surface area (Å²) in [6.45, 7) is 6.74. The number of rotatable bonds is 10. The van der Waals surface area contributed by atoms with E-state index >= 15 is 0 Å². The van der Waals surface area contributed by atoms with E-state index in [0.717, 1.165) is 29.0 Å². The summed E-state index contributed by atoms with van der Waals surface area (Å²) in [6.07, 6.45) is 1.50. The number of hydrogen-bond donors (Lipinski definition) is 1. The molecule has 0 aliphatic rings. The fourth-order valence-corrected chi connectivity index (χ4v) is 3.73. The average molecular weight is 466 g/mol. The van der Waals surface area contributed by atoms with Gasteiger partial charge in [0.25, 0.3) is 0 Å². The van der Waals surface area contributed by atoms with Gasteiger partial charge >= 0.3 is 6.03 Å². The molecule has 0 radical (unpaired) electrons. The quantitative estimate of drug-likeness (QED) is 0.414. The Morgan fingerprint density at radius 2 is 1.68 bits per heavy atom. The lowest BCUT2D eigenvalue weighted by molar-refractivity contribution is -0.133. The van der Waals surface area contributed by atoms with E-state index in [-0.39, 0.29) is 37.4 Å². The molecule has 180 valence electrons. The number of nitrogens with zero attached hydrogens (tertiary/aromatic N) is 2. The summed E-state index contributed by atoms with van der Waals surface area (Å²) >= 11 is 0. The van der Waals surface area contributed by atoms with Gasteiger partial charge in [-0.1, -0.05) is 44.2 Å². The van der Waals surface area contributed by atoms with Crippen LogP contribution in [0.25, 0.3) is 0 Å². The Balaban J connectivity index is 1.76. The van der Waals surface area contributed by atoms with Crippen molar-refractivity contribution in [1.82, 2.24) is 9.80 Å². The molecule has 0 atom stereocenters. The molecule has 0 fully saturated rings. The highest BCUT2D eigenvalue weighted by Gasteiger charge is 2.23. The number of para-hydroxylation sites is 1. The zero-order valence-electron chi connectivity index (χ0n) is 20.0. The highest BCUT2D eigenvalue weighted by atomic mass is 19.1. The van der Waals surface area contributed by atoms with Crippen LogP contribution >= 0.6 is 0 Å². The van der Waals surface area contributed by atoms with Crippen LogP contribution in [0, 0.1) is 12.7 Å². The van der Waals surface area contributed by atoms with Gasteiger partial charge in [-0.3, -0.25) is 4.79 Å². The molecule has 1 aromatic heterocycles. The van der Waals surface area contributed by atoms with Crippen LogP contribution in [-0.2, 0) is 24.3 Å². The third kappa shape index (κ3) is 6.94. The number of hydrogen-bond acceptors (Lipinski definition) is 3. The van der Waals surface area contributed by atoms with Gasteiger partial charge in [-0.15, -0.1) is 0 Å². The Morgan fingerprint density at radius 1 is 0.941 bits per heavy atom. The fraction of sp³-hybridized carbons (Fsp3) is 0.333. The van der Waals surface area contributed by atoms with Crippen LogP contribution in [0.3, 0.4) is 0 Å². The van der Waals surface area contributed by atoms with E-state index in [1.54, 1.807) is 17.0 Å². The van der Waals surface area contributed by atoms with Crippen LogP contribution in [-0.4, -0.2) is 34.8 Å².